The third kappa shape index (κ3) is 3.95. The van der Waals surface area contributed by atoms with Crippen LogP contribution < -0.4 is 5.32 Å². The van der Waals surface area contributed by atoms with Gasteiger partial charge in [-0.1, -0.05) is 0 Å². The molecule has 0 amide bonds. The van der Waals surface area contributed by atoms with E-state index in [-0.39, 0.29) is 23.8 Å². The van der Waals surface area contributed by atoms with E-state index in [9.17, 15) is 13.2 Å². The van der Waals surface area contributed by atoms with Crippen molar-refractivity contribution in [3.8, 4) is 11.4 Å². The number of nitrogens with one attached hydrogen (secondary N) is 1. The Balaban J connectivity index is 1.60. The van der Waals surface area contributed by atoms with Crippen LogP contribution in [0.15, 0.2) is 30.6 Å². The van der Waals surface area contributed by atoms with Gasteiger partial charge in [0, 0.05) is 36.7 Å². The number of alkyl halides is 3. The first-order valence-electron chi connectivity index (χ1n) is 8.74. The van der Waals surface area contributed by atoms with Crippen molar-refractivity contribution in [3.05, 3.63) is 36.3 Å². The topological polar surface area (TPSA) is 59.9 Å². The third-order valence-electron chi connectivity index (χ3n) is 4.75. The maximum Gasteiger partial charge on any atom is 0.433 e. The number of ether oxygens (including phenoxy) is 1. The number of pyridine rings is 1. The first-order chi connectivity index (χ1) is 12.5. The molecule has 2 unspecified atom stereocenters. The van der Waals surface area contributed by atoms with Crippen LogP contribution in [0.25, 0.3) is 11.4 Å². The van der Waals surface area contributed by atoms with Crippen LogP contribution in [0, 0.1) is 5.92 Å². The highest BCUT2D eigenvalue weighted by Crippen LogP contribution is 2.38. The number of anilines is 1. The Hall–Kier alpha value is -2.22. The third-order valence-corrected chi connectivity index (χ3v) is 4.75. The van der Waals surface area contributed by atoms with E-state index >= 15 is 0 Å². The molecule has 0 aromatic carbocycles. The molecule has 138 valence electrons. The van der Waals surface area contributed by atoms with Gasteiger partial charge in [-0.15, -0.1) is 0 Å². The lowest BCUT2D eigenvalue weighted by molar-refractivity contribution is -0.141. The van der Waals surface area contributed by atoms with Crippen molar-refractivity contribution in [3.63, 3.8) is 0 Å². The van der Waals surface area contributed by atoms with Gasteiger partial charge in [0.05, 0.1) is 6.10 Å². The lowest BCUT2D eigenvalue weighted by Crippen LogP contribution is -2.35. The second-order valence-corrected chi connectivity index (χ2v) is 6.81. The van der Waals surface area contributed by atoms with Crippen molar-refractivity contribution in [2.75, 3.05) is 11.9 Å². The van der Waals surface area contributed by atoms with Crippen molar-refractivity contribution < 1.29 is 17.9 Å². The summed E-state index contributed by atoms with van der Waals surface area (Å²) in [5.41, 5.74) is -0.510. The van der Waals surface area contributed by atoms with Crippen molar-refractivity contribution in [1.29, 1.82) is 0 Å². The van der Waals surface area contributed by atoms with E-state index in [2.05, 4.69) is 20.3 Å². The van der Waals surface area contributed by atoms with Gasteiger partial charge in [-0.3, -0.25) is 4.98 Å². The molecule has 5 nitrogen and oxygen atoms in total. The summed E-state index contributed by atoms with van der Waals surface area (Å²) < 4.78 is 45.6. The average Bonchev–Trinajstić information content (AvgIpc) is 3.47. The first-order valence-corrected chi connectivity index (χ1v) is 8.74. The van der Waals surface area contributed by atoms with Gasteiger partial charge in [0.25, 0.3) is 0 Å². The molecular weight excluding hydrogens is 345 g/mol. The van der Waals surface area contributed by atoms with Crippen LogP contribution in [-0.2, 0) is 10.9 Å². The van der Waals surface area contributed by atoms with Gasteiger partial charge >= 0.3 is 6.18 Å². The van der Waals surface area contributed by atoms with Crippen molar-refractivity contribution in [2.24, 2.45) is 5.92 Å². The van der Waals surface area contributed by atoms with E-state index in [0.29, 0.717) is 18.1 Å². The van der Waals surface area contributed by atoms with Crippen LogP contribution in [0.5, 0.6) is 0 Å². The minimum Gasteiger partial charge on any atom is -0.378 e. The molecule has 1 N–H and O–H groups in total. The molecule has 2 aliphatic rings. The Bertz CT molecular complexity index is 765. The maximum atomic E-state index is 13.3. The number of hydrogen-bond acceptors (Lipinski definition) is 5. The zero-order valence-electron chi connectivity index (χ0n) is 14.0. The van der Waals surface area contributed by atoms with Gasteiger partial charge in [0.15, 0.2) is 11.5 Å². The minimum absolute atomic E-state index is 0.0150. The quantitative estimate of drug-likeness (QED) is 0.891. The molecule has 8 heteroatoms. The van der Waals surface area contributed by atoms with Gasteiger partial charge in [-0.2, -0.15) is 13.2 Å². The second kappa shape index (κ2) is 6.83. The molecule has 2 fully saturated rings. The van der Waals surface area contributed by atoms with E-state index in [1.165, 1.54) is 19.0 Å². The Morgan fingerprint density at radius 1 is 1.15 bits per heavy atom. The summed E-state index contributed by atoms with van der Waals surface area (Å²) in [5, 5.41) is 3.16. The number of aromatic nitrogens is 3. The monoisotopic (exact) mass is 364 g/mol. The van der Waals surface area contributed by atoms with Crippen LogP contribution in [0.2, 0.25) is 0 Å². The molecule has 0 spiro atoms. The molecule has 0 bridgehead atoms. The predicted molar refractivity (Wildman–Crippen MR) is 89.4 cm³/mol. The largest absolute Gasteiger partial charge is 0.433 e. The first kappa shape index (κ1) is 17.2. The Morgan fingerprint density at radius 3 is 2.69 bits per heavy atom. The lowest BCUT2D eigenvalue weighted by Gasteiger charge is -2.30. The molecule has 1 aliphatic carbocycles. The molecule has 1 saturated heterocycles. The molecule has 1 saturated carbocycles. The van der Waals surface area contributed by atoms with Crippen LogP contribution >= 0.6 is 0 Å². The molecule has 1 aliphatic heterocycles. The average molecular weight is 364 g/mol. The molecule has 0 radical (unpaired) electrons. The normalized spacial score (nSPS) is 23.7. The van der Waals surface area contributed by atoms with Crippen LogP contribution in [-0.4, -0.2) is 33.7 Å². The Morgan fingerprint density at radius 2 is 2.00 bits per heavy atom. The van der Waals surface area contributed by atoms with Crippen molar-refractivity contribution in [1.82, 2.24) is 15.0 Å². The summed E-state index contributed by atoms with van der Waals surface area (Å²) in [6, 6.07) is 4.31. The molecule has 3 heterocycles. The summed E-state index contributed by atoms with van der Waals surface area (Å²) in [6.45, 7) is 0.617. The van der Waals surface area contributed by atoms with E-state index in [0.717, 1.165) is 18.9 Å². The van der Waals surface area contributed by atoms with E-state index in [1.807, 2.05) is 0 Å². The highest BCUT2D eigenvalue weighted by molar-refractivity contribution is 5.56. The zero-order chi connectivity index (χ0) is 18.1. The summed E-state index contributed by atoms with van der Waals surface area (Å²) >= 11 is 0. The SMILES string of the molecule is FC(F)(F)c1cc(NC2CCOC(C3CC3)C2)nc(-c2cccnc2)n1. The standard InChI is InChI=1S/C18H19F3N4O/c19-18(20,21)15-9-16(25-17(24-15)12-2-1-6-22-10-12)23-13-5-7-26-14(8-13)11-3-4-11/h1-2,6,9-11,13-14H,3-5,7-8H2,(H,23,24,25). The summed E-state index contributed by atoms with van der Waals surface area (Å²) in [6.07, 6.45) is 2.55. The van der Waals surface area contributed by atoms with Gasteiger partial charge in [-0.25, -0.2) is 9.97 Å². The zero-order valence-corrected chi connectivity index (χ0v) is 14.0. The van der Waals surface area contributed by atoms with E-state index in [4.69, 9.17) is 4.74 Å². The Kier molecular flexibility index (Phi) is 4.52. The number of rotatable bonds is 4. The highest BCUT2D eigenvalue weighted by atomic mass is 19.4. The van der Waals surface area contributed by atoms with Crippen LogP contribution in [0.1, 0.15) is 31.4 Å². The van der Waals surface area contributed by atoms with E-state index < -0.39 is 11.9 Å². The minimum atomic E-state index is -4.54. The molecule has 2 atom stereocenters. The molecule has 2 aromatic heterocycles. The van der Waals surface area contributed by atoms with Crippen LogP contribution in [0.3, 0.4) is 0 Å². The Labute approximate surface area is 149 Å². The fourth-order valence-corrected chi connectivity index (χ4v) is 3.26. The number of hydrogen-bond donors (Lipinski definition) is 1. The molecule has 2 aromatic rings. The van der Waals surface area contributed by atoms with Gasteiger partial charge in [0.2, 0.25) is 0 Å². The fraction of sp³-hybridized carbons (Fsp3) is 0.500. The summed E-state index contributed by atoms with van der Waals surface area (Å²) in [5.74, 6) is 0.801. The van der Waals surface area contributed by atoms with Gasteiger partial charge in [-0.05, 0) is 43.7 Å². The summed E-state index contributed by atoms with van der Waals surface area (Å²) in [4.78, 5) is 11.9. The van der Waals surface area contributed by atoms with Crippen molar-refractivity contribution in [2.45, 2.75) is 44.0 Å². The predicted octanol–water partition coefficient (Wildman–Crippen LogP) is 3.93. The van der Waals surface area contributed by atoms with Gasteiger partial charge in [0.1, 0.15) is 5.82 Å². The second-order valence-electron chi connectivity index (χ2n) is 6.81. The number of halogens is 3. The smallest absolute Gasteiger partial charge is 0.378 e. The molecule has 26 heavy (non-hydrogen) atoms. The van der Waals surface area contributed by atoms with Gasteiger partial charge < -0.3 is 10.1 Å². The fourth-order valence-electron chi connectivity index (χ4n) is 3.26. The summed E-state index contributed by atoms with van der Waals surface area (Å²) in [7, 11) is 0. The van der Waals surface area contributed by atoms with Crippen molar-refractivity contribution >= 4 is 5.82 Å². The highest BCUT2D eigenvalue weighted by Gasteiger charge is 2.37. The number of nitrogens with zero attached hydrogens (tertiary/aromatic N) is 3. The molecular formula is C18H19F3N4O. The lowest BCUT2D eigenvalue weighted by atomic mass is 10.00. The molecule has 4 rings (SSSR count). The van der Waals surface area contributed by atoms with Crippen LogP contribution in [0.4, 0.5) is 19.0 Å². The maximum absolute atomic E-state index is 13.3. The van der Waals surface area contributed by atoms with E-state index in [1.54, 1.807) is 18.3 Å².